The van der Waals surface area contributed by atoms with Gasteiger partial charge in [0.1, 0.15) is 0 Å². The largest absolute Gasteiger partial charge is 0.248 e. The molecule has 0 radical (unpaired) electrons. The van der Waals surface area contributed by atoms with Crippen LogP contribution in [-0.4, -0.2) is 19.9 Å². The van der Waals surface area contributed by atoms with Gasteiger partial charge in [0.15, 0.2) is 5.82 Å². The highest BCUT2D eigenvalue weighted by molar-refractivity contribution is 6.05. The fourth-order valence-electron chi connectivity index (χ4n) is 13.6. The maximum absolute atomic E-state index is 5.73. The van der Waals surface area contributed by atoms with Gasteiger partial charge in [-0.15, -0.1) is 0 Å². The first-order valence-corrected chi connectivity index (χ1v) is 30.7. The van der Waals surface area contributed by atoms with E-state index in [0.29, 0.717) is 5.82 Å². The molecule has 0 bridgehead atoms. The lowest BCUT2D eigenvalue weighted by molar-refractivity contribution is 0.660. The lowest BCUT2D eigenvalue weighted by Gasteiger charge is -2.23. The molecular formula is C85H64N4. The van der Waals surface area contributed by atoms with Gasteiger partial charge in [-0.2, -0.15) is 0 Å². The third kappa shape index (κ3) is 9.84. The molecule has 4 nitrogen and oxygen atoms in total. The van der Waals surface area contributed by atoms with Crippen LogP contribution in [0.2, 0.25) is 0 Å². The van der Waals surface area contributed by atoms with Crippen molar-refractivity contribution in [3.8, 4) is 123 Å². The number of nitrogens with zero attached hydrogens (tertiary/aromatic N) is 4. The molecule has 0 saturated heterocycles. The van der Waals surface area contributed by atoms with Gasteiger partial charge in [-0.05, 0) is 144 Å². The normalized spacial score (nSPS) is 13.4. The van der Waals surface area contributed by atoms with Crippen LogP contribution in [0.4, 0.5) is 0 Å². The molecule has 0 aliphatic heterocycles. The predicted molar refractivity (Wildman–Crippen MR) is 372 cm³/mol. The highest BCUT2D eigenvalue weighted by Gasteiger charge is 2.37. The Morgan fingerprint density at radius 2 is 0.764 bits per heavy atom. The van der Waals surface area contributed by atoms with Crippen molar-refractivity contribution in [2.24, 2.45) is 0 Å². The Kier molecular flexibility index (Phi) is 13.6. The molecule has 0 amide bonds. The molecule has 2 aliphatic rings. The van der Waals surface area contributed by atoms with Crippen molar-refractivity contribution < 1.29 is 0 Å². The van der Waals surface area contributed by atoms with Crippen LogP contribution in [-0.2, 0) is 10.8 Å². The van der Waals surface area contributed by atoms with Gasteiger partial charge in [-0.3, -0.25) is 0 Å². The number of benzene rings is 10. The van der Waals surface area contributed by atoms with Crippen LogP contribution in [0.5, 0.6) is 0 Å². The Bertz CT molecular complexity index is 4940. The van der Waals surface area contributed by atoms with Crippen LogP contribution in [0.3, 0.4) is 0 Å². The van der Waals surface area contributed by atoms with Crippen LogP contribution in [0.25, 0.3) is 140 Å². The summed E-state index contributed by atoms with van der Waals surface area (Å²) in [5.74, 6) is 0.631. The van der Waals surface area contributed by atoms with E-state index in [1.165, 1.54) is 44.5 Å². The molecule has 13 aromatic rings. The third-order valence-corrected chi connectivity index (χ3v) is 18.4. The topological polar surface area (TPSA) is 51.6 Å². The van der Waals surface area contributed by atoms with Crippen LogP contribution < -0.4 is 0 Å². The Hall–Kier alpha value is -10.9. The molecule has 0 N–H and O–H groups in total. The van der Waals surface area contributed by atoms with E-state index in [0.717, 1.165) is 117 Å². The zero-order valence-electron chi connectivity index (χ0n) is 50.6. The van der Waals surface area contributed by atoms with E-state index >= 15 is 0 Å². The van der Waals surface area contributed by atoms with Gasteiger partial charge in [0.2, 0.25) is 0 Å². The van der Waals surface area contributed by atoms with Gasteiger partial charge < -0.3 is 0 Å². The maximum Gasteiger partial charge on any atom is 0.160 e. The van der Waals surface area contributed by atoms with Crippen molar-refractivity contribution >= 4 is 16.5 Å². The van der Waals surface area contributed by atoms with Crippen molar-refractivity contribution in [3.63, 3.8) is 0 Å². The zero-order chi connectivity index (χ0) is 60.4. The minimum absolute atomic E-state index is 0.178. The summed E-state index contributed by atoms with van der Waals surface area (Å²) in [6.07, 6.45) is 8.04. The monoisotopic (exact) mass is 1140 g/mol. The van der Waals surface area contributed by atoms with Crippen LogP contribution >= 0.6 is 0 Å². The van der Waals surface area contributed by atoms with Crippen molar-refractivity contribution in [2.75, 3.05) is 0 Å². The third-order valence-electron chi connectivity index (χ3n) is 18.4. The fraction of sp³-hybridized carbons (Fsp3) is 0.0824. The minimum Gasteiger partial charge on any atom is -0.248 e. The molecular weight excluding hydrogens is 1080 g/mol. The van der Waals surface area contributed by atoms with E-state index in [-0.39, 0.29) is 10.8 Å². The Morgan fingerprint density at radius 1 is 0.326 bits per heavy atom. The van der Waals surface area contributed by atoms with Crippen molar-refractivity contribution in [1.82, 2.24) is 19.9 Å². The number of pyridine rings is 2. The van der Waals surface area contributed by atoms with E-state index in [1.54, 1.807) is 0 Å². The second-order valence-electron chi connectivity index (χ2n) is 24.6. The highest BCUT2D eigenvalue weighted by Crippen LogP contribution is 2.52. The van der Waals surface area contributed by atoms with Crippen molar-refractivity contribution in [1.29, 1.82) is 0 Å². The van der Waals surface area contributed by atoms with Gasteiger partial charge in [-0.1, -0.05) is 271 Å². The molecule has 89 heavy (non-hydrogen) atoms. The molecule has 0 saturated carbocycles. The zero-order valence-corrected chi connectivity index (χ0v) is 50.6. The molecule has 10 aromatic carbocycles. The lowest BCUT2D eigenvalue weighted by Crippen LogP contribution is -2.15. The summed E-state index contributed by atoms with van der Waals surface area (Å²) in [7, 11) is 0. The van der Waals surface area contributed by atoms with Crippen LogP contribution in [0.15, 0.2) is 292 Å². The number of hydrogen-bond acceptors (Lipinski definition) is 4. The minimum atomic E-state index is -0.212. The maximum atomic E-state index is 5.73. The van der Waals surface area contributed by atoms with Crippen molar-refractivity contribution in [2.45, 2.75) is 45.4 Å². The molecule has 15 rings (SSSR count). The Balaban J connectivity index is 0.932. The molecule has 0 fully saturated rings. The number of hydrogen-bond donors (Lipinski definition) is 0. The second-order valence-corrected chi connectivity index (χ2v) is 24.6. The summed E-state index contributed by atoms with van der Waals surface area (Å²) >= 11 is 0. The summed E-state index contributed by atoms with van der Waals surface area (Å²) < 4.78 is 0. The summed E-state index contributed by atoms with van der Waals surface area (Å²) in [5, 5.41) is 0.969. The Labute approximate surface area is 521 Å². The average molecular weight is 1140 g/mol. The van der Waals surface area contributed by atoms with E-state index in [2.05, 4.69) is 277 Å². The molecule has 4 heteroatoms. The first kappa shape index (κ1) is 54.7. The van der Waals surface area contributed by atoms with E-state index < -0.39 is 0 Å². The molecule has 3 aromatic heterocycles. The standard InChI is InChI=1S/C85H64N4/c1-7-8-12-23-54(2)77-50-65(55-24-13-9-14-25-55)51-80(86-77)59-36-40-61(41-37-59)83-88-81(60-38-34-56(35-39-60)66-52-78(57-26-15-10-16-27-57)87-79(53-66)58-28-17-11-18-29-58)72-47-64(62-42-44-69-67-30-19-21-32-73(67)84(3,4)75(69)48-62)46-71(82(72)89-83)63-43-45-70-68-31-20-22-33-74(68)85(5,6)76(70)49-63/h7-53H,2H2,1,3-6H3/b8-7-,23-12-. The number of aromatic nitrogens is 4. The molecule has 3 heterocycles. The summed E-state index contributed by atoms with van der Waals surface area (Å²) in [6.45, 7) is 15.9. The molecule has 424 valence electrons. The lowest BCUT2D eigenvalue weighted by atomic mass is 9.81. The first-order chi connectivity index (χ1) is 43.5. The molecule has 0 atom stereocenters. The van der Waals surface area contributed by atoms with Gasteiger partial charge in [0, 0.05) is 49.6 Å². The molecule has 0 unspecified atom stereocenters. The average Bonchev–Trinajstić information content (AvgIpc) is 1.91. The number of allylic oxidation sites excluding steroid dienone is 5. The quantitative estimate of drug-likeness (QED) is 0.114. The smallest absolute Gasteiger partial charge is 0.160 e. The Morgan fingerprint density at radius 3 is 1.36 bits per heavy atom. The summed E-state index contributed by atoms with van der Waals surface area (Å²) in [6, 6.07) is 94.2. The predicted octanol–water partition coefficient (Wildman–Crippen LogP) is 22.2. The second kappa shape index (κ2) is 22.1. The van der Waals surface area contributed by atoms with Crippen LogP contribution in [0.1, 0.15) is 62.6 Å². The number of rotatable bonds is 12. The molecule has 2 aliphatic carbocycles. The van der Waals surface area contributed by atoms with E-state index in [1.807, 2.05) is 49.4 Å². The van der Waals surface area contributed by atoms with Crippen LogP contribution in [0, 0.1) is 0 Å². The highest BCUT2D eigenvalue weighted by atomic mass is 14.9. The number of fused-ring (bicyclic) bond motifs is 7. The summed E-state index contributed by atoms with van der Waals surface area (Å²) in [5.41, 5.74) is 29.9. The van der Waals surface area contributed by atoms with Gasteiger partial charge >= 0.3 is 0 Å². The van der Waals surface area contributed by atoms with Gasteiger partial charge in [-0.25, -0.2) is 19.9 Å². The van der Waals surface area contributed by atoms with E-state index in [9.17, 15) is 0 Å². The van der Waals surface area contributed by atoms with Gasteiger partial charge in [0.25, 0.3) is 0 Å². The van der Waals surface area contributed by atoms with Gasteiger partial charge in [0.05, 0.1) is 34.0 Å². The fourth-order valence-corrected chi connectivity index (χ4v) is 13.6. The van der Waals surface area contributed by atoms with Crippen molar-refractivity contribution in [3.05, 3.63) is 320 Å². The first-order valence-electron chi connectivity index (χ1n) is 30.7. The molecule has 0 spiro atoms. The van der Waals surface area contributed by atoms with E-state index in [4.69, 9.17) is 19.9 Å². The summed E-state index contributed by atoms with van der Waals surface area (Å²) in [4.78, 5) is 21.9. The SMILES string of the molecule is C=C(/C=C\C=C/C)c1cc(-c2ccccc2)cc(-c2ccc(-c3nc(-c4ccc(-c5cc(-c6ccccc6)nc(-c6ccccc6)c5)cc4)c4cc(-c5ccc6c(c5)C(C)(C)c5ccccc5-6)cc(-c5ccc6c(c5)C(C)(C)c5ccccc5-6)c4n3)cc2)n1.